The number of hydrogen-bond acceptors (Lipinski definition) is 3. The van der Waals surface area contributed by atoms with Crippen LogP contribution in [0.1, 0.15) is 16.5 Å². The Hall–Kier alpha value is -1.33. The van der Waals surface area contributed by atoms with Crippen molar-refractivity contribution >= 4 is 11.3 Å². The third-order valence-corrected chi connectivity index (χ3v) is 3.00. The highest BCUT2D eigenvalue weighted by atomic mass is 32.1. The summed E-state index contributed by atoms with van der Waals surface area (Å²) in [4.78, 5) is 4.72. The predicted molar refractivity (Wildman–Crippen MR) is 57.1 cm³/mol. The Morgan fingerprint density at radius 2 is 2.19 bits per heavy atom. The van der Waals surface area contributed by atoms with E-state index < -0.39 is 17.7 Å². The van der Waals surface area contributed by atoms with Gasteiger partial charge >= 0.3 is 0 Å². The van der Waals surface area contributed by atoms with Gasteiger partial charge in [-0.3, -0.25) is 4.98 Å². The van der Waals surface area contributed by atoms with E-state index in [9.17, 15) is 13.9 Å². The lowest BCUT2D eigenvalue weighted by molar-refractivity contribution is 0.174. The number of rotatable bonds is 3. The molecule has 0 spiro atoms. The fourth-order valence-electron chi connectivity index (χ4n) is 1.42. The molecule has 1 aromatic carbocycles. The summed E-state index contributed by atoms with van der Waals surface area (Å²) in [6.45, 7) is 0. The minimum atomic E-state index is -0.971. The molecule has 1 heterocycles. The van der Waals surface area contributed by atoms with Gasteiger partial charge in [0.15, 0.2) is 0 Å². The second-order valence-electron chi connectivity index (χ2n) is 3.35. The fourth-order valence-corrected chi connectivity index (χ4v) is 2.05. The first kappa shape index (κ1) is 11.2. The van der Waals surface area contributed by atoms with Gasteiger partial charge in [-0.25, -0.2) is 8.78 Å². The van der Waals surface area contributed by atoms with Gasteiger partial charge in [0.2, 0.25) is 0 Å². The van der Waals surface area contributed by atoms with E-state index in [-0.39, 0.29) is 12.0 Å². The molecule has 16 heavy (non-hydrogen) atoms. The highest BCUT2D eigenvalue weighted by Crippen LogP contribution is 2.23. The van der Waals surface area contributed by atoms with Crippen LogP contribution in [0.3, 0.4) is 0 Å². The topological polar surface area (TPSA) is 33.1 Å². The van der Waals surface area contributed by atoms with Crippen molar-refractivity contribution in [2.75, 3.05) is 0 Å². The lowest BCUT2D eigenvalue weighted by Crippen LogP contribution is -2.03. The summed E-state index contributed by atoms with van der Waals surface area (Å²) in [5.41, 5.74) is 1.75. The van der Waals surface area contributed by atoms with E-state index in [2.05, 4.69) is 4.98 Å². The molecule has 0 saturated heterocycles. The van der Waals surface area contributed by atoms with Crippen LogP contribution in [0.4, 0.5) is 8.78 Å². The molecular weight excluding hydrogens is 232 g/mol. The summed E-state index contributed by atoms with van der Waals surface area (Å²) >= 11 is 1.39. The zero-order chi connectivity index (χ0) is 11.5. The molecule has 0 fully saturated rings. The van der Waals surface area contributed by atoms with Crippen molar-refractivity contribution in [3.8, 4) is 0 Å². The standard InChI is InChI=1S/C11H9F2NOS/c12-7-1-2-9(10(13)3-7)11(15)4-8-5-14-6-16-8/h1-3,5-6,11,15H,4H2. The number of aliphatic hydroxyl groups is 1. The molecule has 1 unspecified atom stereocenters. The molecule has 2 nitrogen and oxygen atoms in total. The molecule has 1 aromatic heterocycles. The van der Waals surface area contributed by atoms with E-state index in [1.165, 1.54) is 17.4 Å². The van der Waals surface area contributed by atoms with Crippen LogP contribution in [0.25, 0.3) is 0 Å². The number of hydrogen-bond donors (Lipinski definition) is 1. The van der Waals surface area contributed by atoms with Gasteiger partial charge < -0.3 is 5.11 Å². The van der Waals surface area contributed by atoms with Crippen LogP contribution < -0.4 is 0 Å². The van der Waals surface area contributed by atoms with Gasteiger partial charge in [0.25, 0.3) is 0 Å². The Bertz CT molecular complexity index is 473. The lowest BCUT2D eigenvalue weighted by Gasteiger charge is -2.10. The summed E-state index contributed by atoms with van der Waals surface area (Å²) in [6.07, 6.45) is 0.934. The second-order valence-corrected chi connectivity index (χ2v) is 4.32. The van der Waals surface area contributed by atoms with E-state index in [4.69, 9.17) is 0 Å². The molecule has 0 amide bonds. The average molecular weight is 241 g/mol. The van der Waals surface area contributed by atoms with E-state index in [0.29, 0.717) is 0 Å². The van der Waals surface area contributed by atoms with E-state index in [0.717, 1.165) is 17.0 Å². The molecule has 2 rings (SSSR count). The summed E-state index contributed by atoms with van der Waals surface area (Å²) in [5.74, 6) is -1.37. The molecule has 2 aromatic rings. The van der Waals surface area contributed by atoms with Crippen molar-refractivity contribution in [2.45, 2.75) is 12.5 Å². The minimum Gasteiger partial charge on any atom is -0.388 e. The number of halogens is 2. The second kappa shape index (κ2) is 4.67. The molecule has 0 aliphatic heterocycles. The van der Waals surface area contributed by atoms with Gasteiger partial charge in [0, 0.05) is 29.1 Å². The van der Waals surface area contributed by atoms with Gasteiger partial charge in [0.05, 0.1) is 11.6 Å². The molecule has 1 N–H and O–H groups in total. The molecule has 0 aliphatic carbocycles. The molecule has 1 atom stereocenters. The SMILES string of the molecule is OC(Cc1cncs1)c1ccc(F)cc1F. The van der Waals surface area contributed by atoms with Crippen LogP contribution in [-0.2, 0) is 6.42 Å². The molecular formula is C11H9F2NOS. The first-order valence-corrected chi connectivity index (χ1v) is 5.55. The van der Waals surface area contributed by atoms with Gasteiger partial charge in [-0.05, 0) is 6.07 Å². The third-order valence-electron chi connectivity index (χ3n) is 2.20. The van der Waals surface area contributed by atoms with Crippen molar-refractivity contribution in [3.05, 3.63) is 52.0 Å². The summed E-state index contributed by atoms with van der Waals surface area (Å²) in [7, 11) is 0. The number of thiazole rings is 1. The Morgan fingerprint density at radius 1 is 1.38 bits per heavy atom. The zero-order valence-corrected chi connectivity index (χ0v) is 9.05. The molecule has 0 bridgehead atoms. The highest BCUT2D eigenvalue weighted by molar-refractivity contribution is 7.09. The molecule has 0 radical (unpaired) electrons. The Kier molecular flexibility index (Phi) is 3.26. The van der Waals surface area contributed by atoms with Crippen LogP contribution in [-0.4, -0.2) is 10.1 Å². The van der Waals surface area contributed by atoms with E-state index in [1.807, 2.05) is 0 Å². The molecule has 84 valence electrons. The molecule has 5 heteroatoms. The van der Waals surface area contributed by atoms with E-state index >= 15 is 0 Å². The Balaban J connectivity index is 2.17. The predicted octanol–water partition coefficient (Wildman–Crippen LogP) is 2.70. The van der Waals surface area contributed by atoms with Crippen molar-refractivity contribution in [2.24, 2.45) is 0 Å². The largest absolute Gasteiger partial charge is 0.388 e. The number of aromatic nitrogens is 1. The molecule has 0 saturated carbocycles. The highest BCUT2D eigenvalue weighted by Gasteiger charge is 2.14. The third kappa shape index (κ3) is 2.43. The van der Waals surface area contributed by atoms with Crippen LogP contribution in [0.15, 0.2) is 29.9 Å². The van der Waals surface area contributed by atoms with Gasteiger partial charge in [-0.15, -0.1) is 11.3 Å². The van der Waals surface area contributed by atoms with Crippen LogP contribution in [0.2, 0.25) is 0 Å². The average Bonchev–Trinajstić information content (AvgIpc) is 2.70. The van der Waals surface area contributed by atoms with Gasteiger partial charge in [0.1, 0.15) is 11.6 Å². The number of benzene rings is 1. The van der Waals surface area contributed by atoms with Crippen molar-refractivity contribution < 1.29 is 13.9 Å². The maximum absolute atomic E-state index is 13.3. The quantitative estimate of drug-likeness (QED) is 0.896. The maximum Gasteiger partial charge on any atom is 0.131 e. The Labute approximate surface area is 95.2 Å². The summed E-state index contributed by atoms with van der Waals surface area (Å²) in [6, 6.07) is 3.16. The van der Waals surface area contributed by atoms with E-state index in [1.54, 1.807) is 11.7 Å². The molecule has 0 aliphatic rings. The lowest BCUT2D eigenvalue weighted by atomic mass is 10.1. The Morgan fingerprint density at radius 3 is 2.81 bits per heavy atom. The first-order valence-electron chi connectivity index (χ1n) is 4.67. The van der Waals surface area contributed by atoms with Gasteiger partial charge in [-0.2, -0.15) is 0 Å². The monoisotopic (exact) mass is 241 g/mol. The normalized spacial score (nSPS) is 12.7. The number of nitrogens with zero attached hydrogens (tertiary/aromatic N) is 1. The van der Waals surface area contributed by atoms with Crippen LogP contribution in [0.5, 0.6) is 0 Å². The zero-order valence-electron chi connectivity index (χ0n) is 8.23. The minimum absolute atomic E-state index is 0.106. The summed E-state index contributed by atoms with van der Waals surface area (Å²) < 4.78 is 26.0. The van der Waals surface area contributed by atoms with Crippen LogP contribution in [0, 0.1) is 11.6 Å². The smallest absolute Gasteiger partial charge is 0.131 e. The van der Waals surface area contributed by atoms with Gasteiger partial charge in [-0.1, -0.05) is 6.07 Å². The first-order chi connectivity index (χ1) is 7.66. The van der Waals surface area contributed by atoms with Crippen molar-refractivity contribution in [1.82, 2.24) is 4.98 Å². The fraction of sp³-hybridized carbons (Fsp3) is 0.182. The maximum atomic E-state index is 13.3. The van der Waals surface area contributed by atoms with Crippen molar-refractivity contribution in [3.63, 3.8) is 0 Å². The van der Waals surface area contributed by atoms with Crippen LogP contribution >= 0.6 is 11.3 Å². The number of aliphatic hydroxyl groups excluding tert-OH is 1. The summed E-state index contributed by atoms with van der Waals surface area (Å²) in [5, 5.41) is 9.78. The van der Waals surface area contributed by atoms with Crippen molar-refractivity contribution in [1.29, 1.82) is 0 Å².